The van der Waals surface area contributed by atoms with E-state index in [0.717, 1.165) is 10.9 Å². The van der Waals surface area contributed by atoms with Gasteiger partial charge in [-0.1, -0.05) is 0 Å². The largest absolute Gasteiger partial charge is 0.505 e. The first-order valence-corrected chi connectivity index (χ1v) is 5.16. The van der Waals surface area contributed by atoms with Gasteiger partial charge in [0.2, 0.25) is 0 Å². The molecule has 0 aliphatic carbocycles. The molecule has 0 radical (unpaired) electrons. The summed E-state index contributed by atoms with van der Waals surface area (Å²) in [5, 5.41) is 19.4. The number of rotatable bonds is 3. The smallest absolute Gasteiger partial charge is 0.493 e. The number of fused-ring (bicyclic) bond motifs is 1. The molecule has 17 heavy (non-hydrogen) atoms. The molecular formula is C11H14BNO4. The summed E-state index contributed by atoms with van der Waals surface area (Å²) in [5.74, 6) is 1.19. The van der Waals surface area contributed by atoms with Crippen LogP contribution in [0.2, 0.25) is 0 Å². The van der Waals surface area contributed by atoms with Crippen LogP contribution in [-0.2, 0) is 7.05 Å². The van der Waals surface area contributed by atoms with Crippen molar-refractivity contribution >= 4 is 23.6 Å². The lowest BCUT2D eigenvalue weighted by atomic mass is 9.86. The number of hydrogen-bond donors (Lipinski definition) is 2. The first kappa shape index (κ1) is 11.8. The van der Waals surface area contributed by atoms with Crippen LogP contribution in [0, 0.1) is 0 Å². The zero-order chi connectivity index (χ0) is 12.6. The summed E-state index contributed by atoms with van der Waals surface area (Å²) < 4.78 is 12.2. The Morgan fingerprint density at radius 1 is 1.18 bits per heavy atom. The van der Waals surface area contributed by atoms with E-state index in [-0.39, 0.29) is 0 Å². The van der Waals surface area contributed by atoms with Crippen LogP contribution in [-0.4, -0.2) is 36.0 Å². The summed E-state index contributed by atoms with van der Waals surface area (Å²) in [6, 6.07) is 5.35. The average molecular weight is 235 g/mol. The maximum absolute atomic E-state index is 9.26. The number of hydrogen-bond acceptors (Lipinski definition) is 4. The number of methoxy groups -OCH3 is 2. The Bertz CT molecular complexity index is 550. The fourth-order valence-electron chi connectivity index (χ4n) is 2.02. The lowest BCUT2D eigenvalue weighted by molar-refractivity contribution is 0.357. The summed E-state index contributed by atoms with van der Waals surface area (Å²) >= 11 is 0. The molecule has 2 aromatic rings. The Labute approximate surface area is 99.3 Å². The fraction of sp³-hybridized carbons (Fsp3) is 0.273. The van der Waals surface area contributed by atoms with E-state index in [2.05, 4.69) is 0 Å². The minimum atomic E-state index is -1.51. The lowest BCUT2D eigenvalue weighted by Gasteiger charge is -2.10. The third kappa shape index (κ3) is 1.75. The van der Waals surface area contributed by atoms with Crippen LogP contribution in [0.5, 0.6) is 11.5 Å². The molecule has 1 aromatic heterocycles. The zero-order valence-corrected chi connectivity index (χ0v) is 9.97. The van der Waals surface area contributed by atoms with E-state index in [9.17, 15) is 10.0 Å². The summed E-state index contributed by atoms with van der Waals surface area (Å²) in [6.45, 7) is 0. The molecule has 0 saturated carbocycles. The number of ether oxygens (including phenoxy) is 2. The van der Waals surface area contributed by atoms with Crippen LogP contribution in [0.4, 0.5) is 0 Å². The predicted molar refractivity (Wildman–Crippen MR) is 65.8 cm³/mol. The molecule has 0 fully saturated rings. The fourth-order valence-corrected chi connectivity index (χ4v) is 2.02. The molecule has 0 aliphatic rings. The minimum absolute atomic E-state index is 0.409. The van der Waals surface area contributed by atoms with Gasteiger partial charge in [-0.05, 0) is 18.2 Å². The second-order valence-corrected chi connectivity index (χ2v) is 3.74. The van der Waals surface area contributed by atoms with Crippen LogP contribution in [0.3, 0.4) is 0 Å². The molecule has 2 N–H and O–H groups in total. The highest BCUT2D eigenvalue weighted by molar-refractivity contribution is 6.58. The lowest BCUT2D eigenvalue weighted by Crippen LogP contribution is -2.34. The van der Waals surface area contributed by atoms with Gasteiger partial charge in [-0.25, -0.2) is 0 Å². The summed E-state index contributed by atoms with van der Waals surface area (Å²) in [7, 11) is 3.36. The van der Waals surface area contributed by atoms with Gasteiger partial charge < -0.3 is 24.1 Å². The van der Waals surface area contributed by atoms with Gasteiger partial charge in [0, 0.05) is 18.0 Å². The number of benzene rings is 1. The molecule has 90 valence electrons. The van der Waals surface area contributed by atoms with E-state index >= 15 is 0 Å². The van der Waals surface area contributed by atoms with Crippen molar-refractivity contribution in [2.75, 3.05) is 14.2 Å². The van der Waals surface area contributed by atoms with Crippen LogP contribution < -0.4 is 15.1 Å². The molecule has 2 rings (SSSR count). The average Bonchev–Trinajstić information content (AvgIpc) is 2.66. The highest BCUT2D eigenvalue weighted by atomic mass is 16.5. The van der Waals surface area contributed by atoms with E-state index in [1.807, 2.05) is 6.07 Å². The Hall–Kier alpha value is -1.66. The third-order valence-corrected chi connectivity index (χ3v) is 2.84. The maximum atomic E-state index is 9.26. The van der Waals surface area contributed by atoms with Crippen LogP contribution in [0.25, 0.3) is 10.9 Å². The molecule has 1 aromatic carbocycles. The first-order valence-electron chi connectivity index (χ1n) is 5.16. The van der Waals surface area contributed by atoms with E-state index in [1.54, 1.807) is 38.0 Å². The molecule has 1 heterocycles. The number of nitrogens with zero attached hydrogens (tertiary/aromatic N) is 1. The van der Waals surface area contributed by atoms with Crippen molar-refractivity contribution in [3.05, 3.63) is 18.2 Å². The van der Waals surface area contributed by atoms with Gasteiger partial charge >= 0.3 is 7.12 Å². The van der Waals surface area contributed by atoms with E-state index in [0.29, 0.717) is 17.1 Å². The Balaban J connectivity index is 2.79. The molecule has 5 nitrogen and oxygen atoms in total. The van der Waals surface area contributed by atoms with Gasteiger partial charge in [-0.3, -0.25) is 0 Å². The van der Waals surface area contributed by atoms with E-state index in [4.69, 9.17) is 9.47 Å². The number of aryl methyl sites for hydroxylation is 1. The van der Waals surface area contributed by atoms with Crippen LogP contribution >= 0.6 is 0 Å². The molecule has 0 unspecified atom stereocenters. The normalized spacial score (nSPS) is 10.6. The summed E-state index contributed by atoms with van der Waals surface area (Å²) in [6.07, 6.45) is 0. The highest BCUT2D eigenvalue weighted by Crippen LogP contribution is 2.34. The maximum Gasteiger partial charge on any atom is 0.505 e. The van der Waals surface area contributed by atoms with Gasteiger partial charge in [-0.15, -0.1) is 0 Å². The highest BCUT2D eigenvalue weighted by Gasteiger charge is 2.21. The molecule has 0 spiro atoms. The van der Waals surface area contributed by atoms with Crippen LogP contribution in [0.15, 0.2) is 18.2 Å². The molecule has 0 bridgehead atoms. The van der Waals surface area contributed by atoms with Gasteiger partial charge in [0.1, 0.15) is 0 Å². The topological polar surface area (TPSA) is 63.8 Å². The van der Waals surface area contributed by atoms with Crippen molar-refractivity contribution < 1.29 is 19.5 Å². The van der Waals surface area contributed by atoms with Crippen molar-refractivity contribution in [2.45, 2.75) is 0 Å². The Kier molecular flexibility index (Phi) is 3.00. The number of aromatic nitrogens is 1. The zero-order valence-electron chi connectivity index (χ0n) is 9.97. The Morgan fingerprint density at radius 3 is 2.41 bits per heavy atom. The second-order valence-electron chi connectivity index (χ2n) is 3.74. The van der Waals surface area contributed by atoms with Crippen molar-refractivity contribution in [3.63, 3.8) is 0 Å². The first-order chi connectivity index (χ1) is 8.10. The van der Waals surface area contributed by atoms with Crippen molar-refractivity contribution in [2.24, 2.45) is 7.05 Å². The molecule has 0 aliphatic heterocycles. The molecule has 0 atom stereocenters. The SMILES string of the molecule is COc1ccc2cc(B(O)O)n(C)c2c1OC. The van der Waals surface area contributed by atoms with Crippen LogP contribution in [0.1, 0.15) is 0 Å². The summed E-state index contributed by atoms with van der Waals surface area (Å²) in [5.41, 5.74) is 1.18. The Morgan fingerprint density at radius 2 is 1.88 bits per heavy atom. The van der Waals surface area contributed by atoms with Gasteiger partial charge in [0.25, 0.3) is 0 Å². The summed E-state index contributed by atoms with van der Waals surface area (Å²) in [4.78, 5) is 0. The van der Waals surface area contributed by atoms with Gasteiger partial charge in [0.15, 0.2) is 11.5 Å². The molecule has 0 amide bonds. The monoisotopic (exact) mass is 235 g/mol. The molecular weight excluding hydrogens is 221 g/mol. The third-order valence-electron chi connectivity index (χ3n) is 2.84. The predicted octanol–water partition coefficient (Wildman–Crippen LogP) is -0.125. The minimum Gasteiger partial charge on any atom is -0.493 e. The van der Waals surface area contributed by atoms with E-state index in [1.165, 1.54) is 0 Å². The second kappa shape index (κ2) is 4.31. The van der Waals surface area contributed by atoms with Crippen molar-refractivity contribution in [3.8, 4) is 11.5 Å². The van der Waals surface area contributed by atoms with Gasteiger partial charge in [0.05, 0.1) is 19.7 Å². The van der Waals surface area contributed by atoms with Crippen molar-refractivity contribution in [1.82, 2.24) is 4.57 Å². The van der Waals surface area contributed by atoms with Crippen molar-refractivity contribution in [1.29, 1.82) is 0 Å². The van der Waals surface area contributed by atoms with E-state index < -0.39 is 7.12 Å². The standard InChI is InChI=1S/C11H14BNO4/c1-13-9(12(14)15)6-7-4-5-8(16-2)11(17-3)10(7)13/h4-6,14-15H,1-3H3. The molecule has 0 saturated heterocycles. The van der Waals surface area contributed by atoms with Gasteiger partial charge in [-0.2, -0.15) is 0 Å². The molecule has 6 heteroatoms. The quantitative estimate of drug-likeness (QED) is 0.727.